The Kier molecular flexibility index (Phi) is 4.58. The van der Waals surface area contributed by atoms with Crippen molar-refractivity contribution in [3.63, 3.8) is 0 Å². The molecule has 1 aromatic rings. The molecule has 0 saturated heterocycles. The van der Waals surface area contributed by atoms with Crippen molar-refractivity contribution in [3.8, 4) is 5.75 Å². The summed E-state index contributed by atoms with van der Waals surface area (Å²) in [5.41, 5.74) is 6.23. The molecule has 0 amide bonds. The van der Waals surface area contributed by atoms with Crippen LogP contribution in [0.15, 0.2) is 18.2 Å². The molecule has 5 heteroatoms. The first kappa shape index (κ1) is 12.8. The highest BCUT2D eigenvalue weighted by Crippen LogP contribution is 2.34. The van der Waals surface area contributed by atoms with Gasteiger partial charge in [0.25, 0.3) is 0 Å². The van der Waals surface area contributed by atoms with Gasteiger partial charge in [-0.25, -0.2) is 0 Å². The molecule has 0 radical (unpaired) electrons. The van der Waals surface area contributed by atoms with Gasteiger partial charge in [-0.2, -0.15) is 0 Å². The number of carboxylic acids is 1. The first-order chi connectivity index (χ1) is 7.60. The maximum atomic E-state index is 10.7. The zero-order chi connectivity index (χ0) is 12.1. The Bertz CT molecular complexity index is 381. The van der Waals surface area contributed by atoms with Gasteiger partial charge in [0.15, 0.2) is 0 Å². The van der Waals surface area contributed by atoms with Gasteiger partial charge in [-0.15, -0.1) is 0 Å². The molecule has 3 N–H and O–H groups in total. The summed E-state index contributed by atoms with van der Waals surface area (Å²) in [5.74, 6) is -0.664. The predicted molar refractivity (Wildman–Crippen MR) is 62.1 cm³/mol. The van der Waals surface area contributed by atoms with E-state index >= 15 is 0 Å². The number of nitrogens with two attached hydrogens (primary N) is 1. The smallest absolute Gasteiger partial charge is 0.304 e. The Balaban J connectivity index is 3.12. The van der Waals surface area contributed by atoms with E-state index in [1.807, 2.05) is 0 Å². The minimum absolute atomic E-state index is 0.0589. The van der Waals surface area contributed by atoms with E-state index in [0.29, 0.717) is 16.3 Å². The van der Waals surface area contributed by atoms with E-state index in [4.69, 9.17) is 27.2 Å². The van der Waals surface area contributed by atoms with Crippen molar-refractivity contribution in [2.45, 2.75) is 12.3 Å². The van der Waals surface area contributed by atoms with E-state index in [1.54, 1.807) is 18.2 Å². The monoisotopic (exact) mass is 243 g/mol. The lowest BCUT2D eigenvalue weighted by molar-refractivity contribution is -0.137. The second-order valence-electron chi connectivity index (χ2n) is 3.39. The molecule has 1 unspecified atom stereocenters. The molecule has 1 rings (SSSR count). The molecule has 0 fully saturated rings. The summed E-state index contributed by atoms with van der Waals surface area (Å²) < 4.78 is 5.16. The van der Waals surface area contributed by atoms with Crippen LogP contribution in [0, 0.1) is 0 Å². The number of carbonyl (C=O) groups is 1. The van der Waals surface area contributed by atoms with E-state index in [9.17, 15) is 4.79 Å². The molecule has 0 aliphatic carbocycles. The predicted octanol–water partition coefficient (Wildman–Crippen LogP) is 1.87. The molecule has 0 spiro atoms. The average Bonchev–Trinajstić information content (AvgIpc) is 2.25. The Morgan fingerprint density at radius 1 is 1.62 bits per heavy atom. The Hall–Kier alpha value is -1.26. The highest BCUT2D eigenvalue weighted by molar-refractivity contribution is 6.31. The molecule has 0 aliphatic heterocycles. The van der Waals surface area contributed by atoms with Crippen LogP contribution in [-0.4, -0.2) is 24.7 Å². The number of hydrogen-bond donors (Lipinski definition) is 2. The molecule has 1 aromatic carbocycles. The third kappa shape index (κ3) is 2.87. The maximum absolute atomic E-state index is 10.7. The summed E-state index contributed by atoms with van der Waals surface area (Å²) in [4.78, 5) is 10.7. The van der Waals surface area contributed by atoms with Gasteiger partial charge < -0.3 is 15.6 Å². The SMILES string of the molecule is COc1cccc(Cl)c1C(CN)CC(=O)O. The molecule has 88 valence electrons. The van der Waals surface area contributed by atoms with E-state index < -0.39 is 5.97 Å². The van der Waals surface area contributed by atoms with Crippen LogP contribution in [0.1, 0.15) is 17.9 Å². The molecule has 0 aliphatic rings. The normalized spacial score (nSPS) is 12.2. The highest BCUT2D eigenvalue weighted by Gasteiger charge is 2.20. The number of carboxylic acid groups (broad SMARTS) is 1. The van der Waals surface area contributed by atoms with Crippen LogP contribution in [-0.2, 0) is 4.79 Å². The van der Waals surface area contributed by atoms with E-state index in [2.05, 4.69) is 0 Å². The van der Waals surface area contributed by atoms with Crippen LogP contribution in [0.5, 0.6) is 5.75 Å². The third-order valence-corrected chi connectivity index (χ3v) is 2.68. The summed E-state index contributed by atoms with van der Waals surface area (Å²) in [6.45, 7) is 0.215. The summed E-state index contributed by atoms with van der Waals surface area (Å²) in [7, 11) is 1.52. The number of rotatable bonds is 5. The van der Waals surface area contributed by atoms with Crippen molar-refractivity contribution >= 4 is 17.6 Å². The topological polar surface area (TPSA) is 72.5 Å². The van der Waals surface area contributed by atoms with Gasteiger partial charge in [-0.05, 0) is 18.7 Å². The summed E-state index contributed by atoms with van der Waals surface area (Å²) in [6.07, 6.45) is -0.0589. The van der Waals surface area contributed by atoms with Crippen molar-refractivity contribution < 1.29 is 14.6 Å². The number of ether oxygens (including phenoxy) is 1. The number of benzene rings is 1. The van der Waals surface area contributed by atoms with Crippen molar-refractivity contribution in [3.05, 3.63) is 28.8 Å². The molecule has 0 saturated carbocycles. The van der Waals surface area contributed by atoms with Crippen LogP contribution < -0.4 is 10.5 Å². The minimum Gasteiger partial charge on any atom is -0.496 e. The fraction of sp³-hybridized carbons (Fsp3) is 0.364. The Morgan fingerprint density at radius 2 is 2.31 bits per heavy atom. The fourth-order valence-electron chi connectivity index (χ4n) is 1.61. The van der Waals surface area contributed by atoms with Gasteiger partial charge >= 0.3 is 5.97 Å². The van der Waals surface area contributed by atoms with E-state index in [-0.39, 0.29) is 18.9 Å². The highest BCUT2D eigenvalue weighted by atomic mass is 35.5. The number of hydrogen-bond acceptors (Lipinski definition) is 3. The van der Waals surface area contributed by atoms with Gasteiger partial charge in [-0.3, -0.25) is 4.79 Å². The second-order valence-corrected chi connectivity index (χ2v) is 3.79. The summed E-state index contributed by atoms with van der Waals surface area (Å²) >= 11 is 6.04. The van der Waals surface area contributed by atoms with Crippen LogP contribution in [0.2, 0.25) is 5.02 Å². The van der Waals surface area contributed by atoms with Crippen molar-refractivity contribution in [1.29, 1.82) is 0 Å². The first-order valence-electron chi connectivity index (χ1n) is 4.84. The number of aliphatic carboxylic acids is 1. The minimum atomic E-state index is -0.905. The number of methoxy groups -OCH3 is 1. The third-order valence-electron chi connectivity index (χ3n) is 2.35. The average molecular weight is 244 g/mol. The Morgan fingerprint density at radius 3 is 2.81 bits per heavy atom. The number of halogens is 1. The maximum Gasteiger partial charge on any atom is 0.304 e. The molecule has 1 atom stereocenters. The van der Waals surface area contributed by atoms with Crippen LogP contribution in [0.3, 0.4) is 0 Å². The lowest BCUT2D eigenvalue weighted by Gasteiger charge is -2.17. The quantitative estimate of drug-likeness (QED) is 0.828. The largest absolute Gasteiger partial charge is 0.496 e. The van der Waals surface area contributed by atoms with Gasteiger partial charge in [0.05, 0.1) is 13.5 Å². The van der Waals surface area contributed by atoms with Gasteiger partial charge in [-0.1, -0.05) is 17.7 Å². The zero-order valence-corrected chi connectivity index (χ0v) is 9.70. The zero-order valence-electron chi connectivity index (χ0n) is 8.94. The molecule has 0 bridgehead atoms. The molecular formula is C11H14ClNO3. The van der Waals surface area contributed by atoms with Gasteiger partial charge in [0.1, 0.15) is 5.75 Å². The standard InChI is InChI=1S/C11H14ClNO3/c1-16-9-4-2-3-8(12)11(9)7(6-13)5-10(14)15/h2-4,7H,5-6,13H2,1H3,(H,14,15). The molecule has 16 heavy (non-hydrogen) atoms. The van der Waals surface area contributed by atoms with Crippen LogP contribution in [0.25, 0.3) is 0 Å². The second kappa shape index (κ2) is 5.72. The van der Waals surface area contributed by atoms with Crippen LogP contribution >= 0.6 is 11.6 Å². The lowest BCUT2D eigenvalue weighted by atomic mass is 9.95. The lowest BCUT2D eigenvalue weighted by Crippen LogP contribution is -2.17. The first-order valence-corrected chi connectivity index (χ1v) is 5.22. The van der Waals surface area contributed by atoms with Gasteiger partial charge in [0, 0.05) is 16.5 Å². The molecule has 0 aromatic heterocycles. The molecular weight excluding hydrogens is 230 g/mol. The Labute approximate surface area is 99.0 Å². The summed E-state index contributed by atoms with van der Waals surface area (Å²) in [5, 5.41) is 9.27. The van der Waals surface area contributed by atoms with E-state index in [1.165, 1.54) is 7.11 Å². The fourth-order valence-corrected chi connectivity index (χ4v) is 1.93. The van der Waals surface area contributed by atoms with Crippen molar-refractivity contribution in [1.82, 2.24) is 0 Å². The van der Waals surface area contributed by atoms with Gasteiger partial charge in [0.2, 0.25) is 0 Å². The summed E-state index contributed by atoms with van der Waals surface area (Å²) in [6, 6.07) is 5.19. The van der Waals surface area contributed by atoms with Crippen molar-refractivity contribution in [2.24, 2.45) is 5.73 Å². The molecule has 0 heterocycles. The van der Waals surface area contributed by atoms with Crippen molar-refractivity contribution in [2.75, 3.05) is 13.7 Å². The van der Waals surface area contributed by atoms with E-state index in [0.717, 1.165) is 0 Å². The molecule has 4 nitrogen and oxygen atoms in total. The van der Waals surface area contributed by atoms with Crippen LogP contribution in [0.4, 0.5) is 0 Å².